The molecule has 0 radical (unpaired) electrons. The van der Waals surface area contributed by atoms with Gasteiger partial charge in [0, 0.05) is 13.5 Å². The third-order valence-corrected chi connectivity index (χ3v) is 1.73. The maximum absolute atomic E-state index is 10.6. The number of nitrogens with one attached hydrogen (secondary N) is 1. The molecule has 0 aliphatic rings. The zero-order chi connectivity index (χ0) is 9.68. The minimum absolute atomic E-state index is 0.0305. The Bertz CT molecular complexity index is 303. The Hall–Kier alpha value is -1.57. The van der Waals surface area contributed by atoms with E-state index in [2.05, 4.69) is 11.9 Å². The summed E-state index contributed by atoms with van der Waals surface area (Å²) in [5.41, 5.74) is 1.99. The summed E-state index contributed by atoms with van der Waals surface area (Å²) in [6.07, 6.45) is 0. The molecule has 1 rings (SSSR count). The first-order valence-electron chi connectivity index (χ1n) is 4.18. The largest absolute Gasteiger partial charge is 0.352 e. The van der Waals surface area contributed by atoms with Crippen LogP contribution < -0.4 is 5.32 Å². The number of rotatable bonds is 3. The highest BCUT2D eigenvalue weighted by molar-refractivity contribution is 5.76. The molecule has 1 amide bonds. The third-order valence-electron chi connectivity index (χ3n) is 1.73. The number of carbonyl (C=O) groups is 1. The van der Waals surface area contributed by atoms with Gasteiger partial charge in [0.05, 0.1) is 0 Å². The zero-order valence-electron chi connectivity index (χ0n) is 7.71. The van der Waals surface area contributed by atoms with E-state index in [0.717, 1.165) is 11.1 Å². The van der Waals surface area contributed by atoms with E-state index in [1.165, 1.54) is 6.92 Å². The van der Waals surface area contributed by atoms with Crippen LogP contribution in [-0.2, 0) is 4.79 Å². The molecule has 2 heteroatoms. The summed E-state index contributed by atoms with van der Waals surface area (Å²) >= 11 is 0. The average molecular weight is 175 g/mol. The van der Waals surface area contributed by atoms with E-state index in [1.54, 1.807) is 0 Å². The normalized spacial score (nSPS) is 9.31. The van der Waals surface area contributed by atoms with Gasteiger partial charge in [0.2, 0.25) is 5.91 Å². The van der Waals surface area contributed by atoms with E-state index in [9.17, 15) is 4.79 Å². The molecule has 1 aromatic carbocycles. The lowest BCUT2D eigenvalue weighted by Gasteiger charge is -2.05. The molecule has 0 spiro atoms. The summed E-state index contributed by atoms with van der Waals surface area (Å²) in [6, 6.07) is 9.81. The monoisotopic (exact) mass is 175 g/mol. The summed E-state index contributed by atoms with van der Waals surface area (Å²) in [5.74, 6) is -0.0305. The van der Waals surface area contributed by atoms with Crippen molar-refractivity contribution in [1.29, 1.82) is 0 Å². The highest BCUT2D eigenvalue weighted by atomic mass is 16.1. The molecule has 68 valence electrons. The van der Waals surface area contributed by atoms with Gasteiger partial charge in [-0.25, -0.2) is 0 Å². The van der Waals surface area contributed by atoms with Gasteiger partial charge in [-0.3, -0.25) is 4.79 Å². The van der Waals surface area contributed by atoms with E-state index in [4.69, 9.17) is 0 Å². The van der Waals surface area contributed by atoms with Crippen LogP contribution in [0, 0.1) is 0 Å². The van der Waals surface area contributed by atoms with E-state index < -0.39 is 0 Å². The van der Waals surface area contributed by atoms with Crippen molar-refractivity contribution < 1.29 is 4.79 Å². The molecule has 0 atom stereocenters. The van der Waals surface area contributed by atoms with Gasteiger partial charge in [-0.05, 0) is 11.1 Å². The van der Waals surface area contributed by atoms with Gasteiger partial charge < -0.3 is 5.32 Å². The number of benzene rings is 1. The second-order valence-electron chi connectivity index (χ2n) is 2.88. The topological polar surface area (TPSA) is 29.1 Å². The van der Waals surface area contributed by atoms with Crippen molar-refractivity contribution in [2.75, 3.05) is 6.54 Å². The Balaban J connectivity index is 2.54. The van der Waals surface area contributed by atoms with Crippen molar-refractivity contribution in [2.24, 2.45) is 0 Å². The van der Waals surface area contributed by atoms with Crippen molar-refractivity contribution >= 4 is 11.5 Å². The fraction of sp³-hybridized carbons (Fsp3) is 0.182. The molecule has 0 fully saturated rings. The standard InChI is InChI=1S/C11H13NO/c1-9(8-12-10(2)13)11-6-4-3-5-7-11/h3-7H,1,8H2,2H3,(H,12,13). The Labute approximate surface area is 78.3 Å². The summed E-state index contributed by atoms with van der Waals surface area (Å²) in [5, 5.41) is 2.71. The minimum atomic E-state index is -0.0305. The van der Waals surface area contributed by atoms with Gasteiger partial charge in [0.1, 0.15) is 0 Å². The van der Waals surface area contributed by atoms with Crippen molar-refractivity contribution in [3.05, 3.63) is 42.5 Å². The van der Waals surface area contributed by atoms with Crippen LogP contribution in [0.5, 0.6) is 0 Å². The van der Waals surface area contributed by atoms with Crippen LogP contribution in [0.2, 0.25) is 0 Å². The fourth-order valence-corrected chi connectivity index (χ4v) is 1.01. The maximum atomic E-state index is 10.6. The van der Waals surface area contributed by atoms with Crippen molar-refractivity contribution in [1.82, 2.24) is 5.32 Å². The lowest BCUT2D eigenvalue weighted by molar-refractivity contribution is -0.118. The molecular formula is C11H13NO. The van der Waals surface area contributed by atoms with Crippen LogP contribution in [0.4, 0.5) is 0 Å². The van der Waals surface area contributed by atoms with Gasteiger partial charge >= 0.3 is 0 Å². The highest BCUT2D eigenvalue weighted by Gasteiger charge is 1.97. The summed E-state index contributed by atoms with van der Waals surface area (Å²) in [6.45, 7) is 5.89. The van der Waals surface area contributed by atoms with Gasteiger partial charge in [0.15, 0.2) is 0 Å². The summed E-state index contributed by atoms with van der Waals surface area (Å²) in [7, 11) is 0. The first-order valence-corrected chi connectivity index (χ1v) is 4.18. The predicted molar refractivity (Wildman–Crippen MR) is 54.2 cm³/mol. The van der Waals surface area contributed by atoms with E-state index >= 15 is 0 Å². The van der Waals surface area contributed by atoms with E-state index in [0.29, 0.717) is 6.54 Å². The van der Waals surface area contributed by atoms with Crippen LogP contribution in [0.3, 0.4) is 0 Å². The molecule has 1 aromatic rings. The molecule has 0 heterocycles. The quantitative estimate of drug-likeness (QED) is 0.746. The van der Waals surface area contributed by atoms with Gasteiger partial charge in [-0.1, -0.05) is 36.9 Å². The number of hydrogen-bond acceptors (Lipinski definition) is 1. The molecule has 0 aromatic heterocycles. The second-order valence-corrected chi connectivity index (χ2v) is 2.88. The molecule has 13 heavy (non-hydrogen) atoms. The Kier molecular flexibility index (Phi) is 3.26. The number of carbonyl (C=O) groups excluding carboxylic acids is 1. The highest BCUT2D eigenvalue weighted by Crippen LogP contribution is 2.09. The van der Waals surface area contributed by atoms with Crippen LogP contribution in [-0.4, -0.2) is 12.5 Å². The molecular weight excluding hydrogens is 162 g/mol. The molecule has 1 N–H and O–H groups in total. The lowest BCUT2D eigenvalue weighted by atomic mass is 10.1. The first kappa shape index (κ1) is 9.52. The molecule has 0 bridgehead atoms. The SMILES string of the molecule is C=C(CNC(C)=O)c1ccccc1. The Morgan fingerprint density at radius 1 is 1.38 bits per heavy atom. The maximum Gasteiger partial charge on any atom is 0.217 e. The third kappa shape index (κ3) is 3.11. The van der Waals surface area contributed by atoms with Crippen molar-refractivity contribution in [3.8, 4) is 0 Å². The molecule has 0 saturated heterocycles. The van der Waals surface area contributed by atoms with Crippen molar-refractivity contribution in [2.45, 2.75) is 6.92 Å². The first-order chi connectivity index (χ1) is 6.20. The summed E-state index contributed by atoms with van der Waals surface area (Å²) < 4.78 is 0. The molecule has 0 saturated carbocycles. The van der Waals surface area contributed by atoms with Gasteiger partial charge in [-0.15, -0.1) is 0 Å². The molecule has 0 aliphatic carbocycles. The van der Waals surface area contributed by atoms with E-state index in [-0.39, 0.29) is 5.91 Å². The fourth-order valence-electron chi connectivity index (χ4n) is 1.01. The molecule has 2 nitrogen and oxygen atoms in total. The average Bonchev–Trinajstić information content (AvgIpc) is 2.15. The second kappa shape index (κ2) is 4.45. The zero-order valence-corrected chi connectivity index (χ0v) is 7.71. The van der Waals surface area contributed by atoms with Crippen LogP contribution >= 0.6 is 0 Å². The van der Waals surface area contributed by atoms with Crippen molar-refractivity contribution in [3.63, 3.8) is 0 Å². The molecule has 0 unspecified atom stereocenters. The van der Waals surface area contributed by atoms with Crippen LogP contribution in [0.15, 0.2) is 36.9 Å². The van der Waals surface area contributed by atoms with E-state index in [1.807, 2.05) is 30.3 Å². The predicted octanol–water partition coefficient (Wildman–Crippen LogP) is 1.84. The summed E-state index contributed by atoms with van der Waals surface area (Å²) in [4.78, 5) is 10.6. The van der Waals surface area contributed by atoms with Gasteiger partial charge in [-0.2, -0.15) is 0 Å². The lowest BCUT2D eigenvalue weighted by Crippen LogP contribution is -2.21. The smallest absolute Gasteiger partial charge is 0.217 e. The van der Waals surface area contributed by atoms with Crippen LogP contribution in [0.1, 0.15) is 12.5 Å². The number of amides is 1. The van der Waals surface area contributed by atoms with Crippen LogP contribution in [0.25, 0.3) is 5.57 Å². The minimum Gasteiger partial charge on any atom is -0.352 e. The number of hydrogen-bond donors (Lipinski definition) is 1. The van der Waals surface area contributed by atoms with Gasteiger partial charge in [0.25, 0.3) is 0 Å². The Morgan fingerprint density at radius 3 is 2.54 bits per heavy atom. The Morgan fingerprint density at radius 2 is 2.00 bits per heavy atom. The molecule has 0 aliphatic heterocycles.